The summed E-state index contributed by atoms with van der Waals surface area (Å²) in [6.45, 7) is 3.99. The Morgan fingerprint density at radius 1 is 1.44 bits per heavy atom. The molecule has 0 aliphatic carbocycles. The van der Waals surface area contributed by atoms with Crippen LogP contribution in [0.15, 0.2) is 24.3 Å². The molecule has 0 unspecified atom stereocenters. The summed E-state index contributed by atoms with van der Waals surface area (Å²) in [5, 5.41) is 7.38. The number of nitrogens with zero attached hydrogens (tertiary/aromatic N) is 1. The summed E-state index contributed by atoms with van der Waals surface area (Å²) in [5.41, 5.74) is 2.91. The van der Waals surface area contributed by atoms with Gasteiger partial charge in [0.05, 0.1) is 22.9 Å². The lowest BCUT2D eigenvalue weighted by Gasteiger charge is -2.05. The molecular weight excluding hydrogens is 252 g/mol. The molecule has 0 amide bonds. The number of esters is 1. The fourth-order valence-corrected chi connectivity index (χ4v) is 1.81. The molecule has 5 heteroatoms. The van der Waals surface area contributed by atoms with Crippen molar-refractivity contribution < 1.29 is 9.53 Å². The van der Waals surface area contributed by atoms with Gasteiger partial charge in [0.1, 0.15) is 0 Å². The summed E-state index contributed by atoms with van der Waals surface area (Å²) in [6, 6.07) is 7.09. The molecule has 1 N–H and O–H groups in total. The molecule has 0 saturated heterocycles. The topological polar surface area (TPSA) is 55.0 Å². The van der Waals surface area contributed by atoms with Crippen LogP contribution in [-0.2, 0) is 4.74 Å². The summed E-state index contributed by atoms with van der Waals surface area (Å²) in [5.74, 6) is -0.420. The van der Waals surface area contributed by atoms with Crippen molar-refractivity contribution >= 4 is 17.6 Å². The highest BCUT2D eigenvalue weighted by molar-refractivity contribution is 6.33. The highest BCUT2D eigenvalue weighted by Gasteiger charge is 2.13. The van der Waals surface area contributed by atoms with Gasteiger partial charge in [-0.25, -0.2) is 4.79 Å². The Morgan fingerprint density at radius 2 is 2.22 bits per heavy atom. The van der Waals surface area contributed by atoms with Crippen LogP contribution in [0.1, 0.15) is 23.0 Å². The van der Waals surface area contributed by atoms with Crippen molar-refractivity contribution in [3.63, 3.8) is 0 Å². The van der Waals surface area contributed by atoms with Crippen LogP contribution in [0.5, 0.6) is 0 Å². The van der Waals surface area contributed by atoms with Crippen LogP contribution in [0.3, 0.4) is 0 Å². The first-order valence-electron chi connectivity index (χ1n) is 5.61. The number of aromatic nitrogens is 2. The fraction of sp³-hybridized carbons (Fsp3) is 0.231. The number of nitrogens with one attached hydrogen (secondary N) is 1. The summed E-state index contributed by atoms with van der Waals surface area (Å²) in [4.78, 5) is 11.7. The van der Waals surface area contributed by atoms with E-state index in [1.54, 1.807) is 19.1 Å². The molecule has 0 fully saturated rings. The third-order valence-electron chi connectivity index (χ3n) is 2.46. The minimum Gasteiger partial charge on any atom is -0.462 e. The summed E-state index contributed by atoms with van der Waals surface area (Å²) < 4.78 is 4.95. The van der Waals surface area contributed by atoms with Crippen molar-refractivity contribution in [2.24, 2.45) is 0 Å². The normalized spacial score (nSPS) is 10.4. The van der Waals surface area contributed by atoms with Crippen LogP contribution in [0.2, 0.25) is 5.02 Å². The molecule has 1 aromatic heterocycles. The molecule has 0 radical (unpaired) electrons. The van der Waals surface area contributed by atoms with Crippen molar-refractivity contribution in [2.75, 3.05) is 6.61 Å². The van der Waals surface area contributed by atoms with Gasteiger partial charge in [-0.1, -0.05) is 17.7 Å². The molecule has 0 aliphatic rings. The highest BCUT2D eigenvalue weighted by atomic mass is 35.5. The first-order valence-corrected chi connectivity index (χ1v) is 5.98. The predicted molar refractivity (Wildman–Crippen MR) is 69.7 cm³/mol. The van der Waals surface area contributed by atoms with Crippen LogP contribution in [0.4, 0.5) is 0 Å². The molecule has 1 heterocycles. The maximum absolute atomic E-state index is 11.7. The number of hydrogen-bond donors (Lipinski definition) is 1. The van der Waals surface area contributed by atoms with E-state index in [4.69, 9.17) is 16.3 Å². The number of ether oxygens (including phenoxy) is 1. The Kier molecular flexibility index (Phi) is 3.67. The van der Waals surface area contributed by atoms with E-state index in [1.807, 2.05) is 19.1 Å². The first-order chi connectivity index (χ1) is 8.61. The van der Waals surface area contributed by atoms with Gasteiger partial charge in [0.15, 0.2) is 0 Å². The average molecular weight is 265 g/mol. The van der Waals surface area contributed by atoms with E-state index in [9.17, 15) is 4.79 Å². The number of benzene rings is 1. The van der Waals surface area contributed by atoms with Gasteiger partial charge in [-0.2, -0.15) is 5.10 Å². The Balaban J connectivity index is 2.40. The van der Waals surface area contributed by atoms with E-state index >= 15 is 0 Å². The van der Waals surface area contributed by atoms with Gasteiger partial charge in [-0.3, -0.25) is 5.10 Å². The zero-order chi connectivity index (χ0) is 13.1. The molecule has 1 aromatic carbocycles. The lowest BCUT2D eigenvalue weighted by Crippen LogP contribution is -2.05. The second-order valence-electron chi connectivity index (χ2n) is 3.85. The van der Waals surface area contributed by atoms with Crippen molar-refractivity contribution in [3.8, 4) is 11.3 Å². The second-order valence-corrected chi connectivity index (χ2v) is 4.26. The van der Waals surface area contributed by atoms with E-state index in [0.717, 1.165) is 17.0 Å². The second kappa shape index (κ2) is 5.23. The first kappa shape index (κ1) is 12.6. The molecule has 94 valence electrons. The summed E-state index contributed by atoms with van der Waals surface area (Å²) >= 11 is 5.99. The van der Waals surface area contributed by atoms with Crippen molar-refractivity contribution in [2.45, 2.75) is 13.8 Å². The molecule has 0 aliphatic heterocycles. The Hall–Kier alpha value is -1.81. The van der Waals surface area contributed by atoms with Crippen molar-refractivity contribution in [1.29, 1.82) is 0 Å². The number of rotatable bonds is 3. The number of carbonyl (C=O) groups excluding carboxylic acids is 1. The lowest BCUT2D eigenvalue weighted by molar-refractivity contribution is 0.0526. The standard InChI is InChI=1S/C13H13ClN2O2/c1-3-18-13(17)10-7-9(4-5-11(10)14)12-6-8(2)15-16-12/h4-7H,3H2,1-2H3,(H,15,16). The highest BCUT2D eigenvalue weighted by Crippen LogP contribution is 2.25. The van der Waals surface area contributed by atoms with Gasteiger partial charge >= 0.3 is 5.97 Å². The number of aryl methyl sites for hydroxylation is 1. The zero-order valence-corrected chi connectivity index (χ0v) is 10.9. The van der Waals surface area contributed by atoms with Crippen LogP contribution in [-0.4, -0.2) is 22.8 Å². The third kappa shape index (κ3) is 2.54. The molecule has 0 saturated carbocycles. The van der Waals surface area contributed by atoms with Crippen LogP contribution in [0, 0.1) is 6.92 Å². The van der Waals surface area contributed by atoms with E-state index in [0.29, 0.717) is 17.2 Å². The SMILES string of the molecule is CCOC(=O)c1cc(-c2cc(C)[nH]n2)ccc1Cl. The Morgan fingerprint density at radius 3 is 2.83 bits per heavy atom. The minimum absolute atomic E-state index is 0.320. The number of hydrogen-bond acceptors (Lipinski definition) is 3. The van der Waals surface area contributed by atoms with Gasteiger partial charge in [-0.15, -0.1) is 0 Å². The molecule has 0 bridgehead atoms. The Labute approximate surface area is 110 Å². The van der Waals surface area contributed by atoms with E-state index in [1.165, 1.54) is 0 Å². The van der Waals surface area contributed by atoms with Gasteiger partial charge in [0.2, 0.25) is 0 Å². The smallest absolute Gasteiger partial charge is 0.339 e. The van der Waals surface area contributed by atoms with E-state index < -0.39 is 5.97 Å². The summed E-state index contributed by atoms with van der Waals surface area (Å²) in [6.07, 6.45) is 0. The summed E-state index contributed by atoms with van der Waals surface area (Å²) in [7, 11) is 0. The van der Waals surface area contributed by atoms with Crippen LogP contribution in [0.25, 0.3) is 11.3 Å². The fourth-order valence-electron chi connectivity index (χ4n) is 1.62. The van der Waals surface area contributed by atoms with Gasteiger partial charge in [0.25, 0.3) is 0 Å². The number of aromatic amines is 1. The van der Waals surface area contributed by atoms with Crippen molar-refractivity contribution in [3.05, 3.63) is 40.5 Å². The number of halogens is 1. The van der Waals surface area contributed by atoms with Crippen LogP contribution >= 0.6 is 11.6 Å². The number of H-pyrrole nitrogens is 1. The maximum atomic E-state index is 11.7. The molecule has 2 aromatic rings. The minimum atomic E-state index is -0.420. The van der Waals surface area contributed by atoms with Gasteiger partial charge < -0.3 is 4.74 Å². The third-order valence-corrected chi connectivity index (χ3v) is 2.79. The monoisotopic (exact) mass is 264 g/mol. The van der Waals surface area contributed by atoms with E-state index in [-0.39, 0.29) is 0 Å². The average Bonchev–Trinajstić information content (AvgIpc) is 2.77. The van der Waals surface area contributed by atoms with E-state index in [2.05, 4.69) is 10.2 Å². The Bertz CT molecular complexity index is 578. The molecule has 0 spiro atoms. The molecular formula is C13H13ClN2O2. The molecule has 0 atom stereocenters. The lowest BCUT2D eigenvalue weighted by atomic mass is 10.1. The quantitative estimate of drug-likeness (QED) is 0.866. The zero-order valence-electron chi connectivity index (χ0n) is 10.2. The maximum Gasteiger partial charge on any atom is 0.339 e. The number of carbonyl (C=O) groups is 1. The molecule has 4 nitrogen and oxygen atoms in total. The predicted octanol–water partition coefficient (Wildman–Crippen LogP) is 3.22. The largest absolute Gasteiger partial charge is 0.462 e. The van der Waals surface area contributed by atoms with Gasteiger partial charge in [-0.05, 0) is 32.0 Å². The van der Waals surface area contributed by atoms with Crippen LogP contribution < -0.4 is 0 Å². The van der Waals surface area contributed by atoms with Gasteiger partial charge in [0, 0.05) is 11.3 Å². The van der Waals surface area contributed by atoms with Crippen molar-refractivity contribution in [1.82, 2.24) is 10.2 Å². The molecule has 18 heavy (non-hydrogen) atoms. The molecule has 2 rings (SSSR count).